The van der Waals surface area contributed by atoms with E-state index in [0.29, 0.717) is 36.3 Å². The number of benzene rings is 1. The maximum Gasteiger partial charge on any atom is 0.224 e. The maximum atomic E-state index is 12.5. The van der Waals surface area contributed by atoms with Crippen LogP contribution in [0.1, 0.15) is 31.4 Å². The number of morpholine rings is 1. The molecule has 0 bridgehead atoms. The minimum Gasteiger partial charge on any atom is -0.489 e. The van der Waals surface area contributed by atoms with E-state index in [1.54, 1.807) is 6.07 Å². The summed E-state index contributed by atoms with van der Waals surface area (Å²) < 4.78 is 17.1. The Labute approximate surface area is 187 Å². The number of nitrogens with one attached hydrogen (secondary N) is 1. The zero-order chi connectivity index (χ0) is 21.8. The number of halogens is 1. The van der Waals surface area contributed by atoms with E-state index < -0.39 is 0 Å². The van der Waals surface area contributed by atoms with E-state index in [0.717, 1.165) is 36.5 Å². The standard InChI is InChI=1S/C23H28ClN3O4/c1-15-13-27(14-16(2)31-15)21-5-4-17(11-25-21)12-26-22(28)10-18-8-19(24)23-20(9-18)29-6-3-7-30-23/h4-5,8-9,11,15-16H,3,6-7,10,12-14H2,1-2H3,(H,26,28). The smallest absolute Gasteiger partial charge is 0.224 e. The highest BCUT2D eigenvalue weighted by Gasteiger charge is 2.23. The summed E-state index contributed by atoms with van der Waals surface area (Å²) in [7, 11) is 0. The molecule has 0 saturated carbocycles. The molecule has 1 fully saturated rings. The van der Waals surface area contributed by atoms with Crippen molar-refractivity contribution in [2.75, 3.05) is 31.2 Å². The number of anilines is 1. The first kappa shape index (κ1) is 21.7. The van der Waals surface area contributed by atoms with E-state index >= 15 is 0 Å². The highest BCUT2D eigenvalue weighted by atomic mass is 35.5. The summed E-state index contributed by atoms with van der Waals surface area (Å²) in [5.74, 6) is 1.99. The van der Waals surface area contributed by atoms with E-state index in [1.807, 2.05) is 24.4 Å². The Kier molecular flexibility index (Phi) is 6.83. The molecule has 1 amide bonds. The van der Waals surface area contributed by atoms with Crippen molar-refractivity contribution in [2.24, 2.45) is 0 Å². The molecule has 2 aromatic rings. The van der Waals surface area contributed by atoms with Crippen LogP contribution in [0.5, 0.6) is 11.5 Å². The number of carbonyl (C=O) groups excluding carboxylic acids is 1. The second-order valence-corrected chi connectivity index (χ2v) is 8.50. The van der Waals surface area contributed by atoms with Crippen LogP contribution in [0.3, 0.4) is 0 Å². The number of hydrogen-bond acceptors (Lipinski definition) is 6. The first-order valence-electron chi connectivity index (χ1n) is 10.7. The third kappa shape index (κ3) is 5.60. The van der Waals surface area contributed by atoms with Crippen molar-refractivity contribution >= 4 is 23.3 Å². The molecule has 0 spiro atoms. The molecule has 0 radical (unpaired) electrons. The van der Waals surface area contributed by atoms with Crippen LogP contribution >= 0.6 is 11.6 Å². The molecule has 2 aliphatic rings. The van der Waals surface area contributed by atoms with Gasteiger partial charge in [0.2, 0.25) is 5.91 Å². The van der Waals surface area contributed by atoms with Gasteiger partial charge in [0.25, 0.3) is 0 Å². The van der Waals surface area contributed by atoms with Crippen molar-refractivity contribution in [3.63, 3.8) is 0 Å². The Morgan fingerprint density at radius 1 is 1.16 bits per heavy atom. The van der Waals surface area contributed by atoms with Gasteiger partial charge in [-0.3, -0.25) is 4.79 Å². The molecule has 2 atom stereocenters. The number of carbonyl (C=O) groups is 1. The maximum absolute atomic E-state index is 12.5. The van der Waals surface area contributed by atoms with E-state index in [-0.39, 0.29) is 24.5 Å². The van der Waals surface area contributed by atoms with Gasteiger partial charge in [0, 0.05) is 32.3 Å². The first-order valence-corrected chi connectivity index (χ1v) is 11.1. The van der Waals surface area contributed by atoms with Crippen LogP contribution in [0.15, 0.2) is 30.5 Å². The molecule has 2 unspecified atom stereocenters. The van der Waals surface area contributed by atoms with Gasteiger partial charge in [-0.1, -0.05) is 17.7 Å². The van der Waals surface area contributed by atoms with Gasteiger partial charge in [-0.25, -0.2) is 4.98 Å². The van der Waals surface area contributed by atoms with Crippen LogP contribution in [0.25, 0.3) is 0 Å². The Morgan fingerprint density at radius 2 is 1.94 bits per heavy atom. The molecular weight excluding hydrogens is 418 g/mol. The Hall–Kier alpha value is -2.51. The molecular formula is C23H28ClN3O4. The SMILES string of the molecule is CC1CN(c2ccc(CNC(=O)Cc3cc(Cl)c4c(c3)OCCCO4)cn2)CC(C)O1. The second kappa shape index (κ2) is 9.75. The number of ether oxygens (including phenoxy) is 3. The molecule has 166 valence electrons. The van der Waals surface area contributed by atoms with Crippen molar-refractivity contribution in [1.82, 2.24) is 10.3 Å². The van der Waals surface area contributed by atoms with Crippen LogP contribution in [-0.4, -0.2) is 49.4 Å². The molecule has 8 heteroatoms. The van der Waals surface area contributed by atoms with Crippen molar-refractivity contribution in [1.29, 1.82) is 0 Å². The molecule has 3 heterocycles. The van der Waals surface area contributed by atoms with Gasteiger partial charge in [-0.15, -0.1) is 0 Å². The molecule has 31 heavy (non-hydrogen) atoms. The Morgan fingerprint density at radius 3 is 2.68 bits per heavy atom. The summed E-state index contributed by atoms with van der Waals surface area (Å²) in [6.07, 6.45) is 3.19. The number of fused-ring (bicyclic) bond motifs is 1. The summed E-state index contributed by atoms with van der Waals surface area (Å²) in [5, 5.41) is 3.41. The molecule has 7 nitrogen and oxygen atoms in total. The van der Waals surface area contributed by atoms with Crippen LogP contribution in [0.2, 0.25) is 5.02 Å². The third-order valence-corrected chi connectivity index (χ3v) is 5.55. The highest BCUT2D eigenvalue weighted by molar-refractivity contribution is 6.32. The number of nitrogens with zero attached hydrogens (tertiary/aromatic N) is 2. The zero-order valence-electron chi connectivity index (χ0n) is 17.9. The van der Waals surface area contributed by atoms with Gasteiger partial charge < -0.3 is 24.4 Å². The van der Waals surface area contributed by atoms with Gasteiger partial charge in [0.15, 0.2) is 11.5 Å². The number of hydrogen-bond donors (Lipinski definition) is 1. The van der Waals surface area contributed by atoms with Gasteiger partial charge in [-0.2, -0.15) is 0 Å². The molecule has 2 aliphatic heterocycles. The van der Waals surface area contributed by atoms with Crippen LogP contribution in [0, 0.1) is 0 Å². The largest absolute Gasteiger partial charge is 0.489 e. The average Bonchev–Trinajstić information content (AvgIpc) is 2.98. The lowest BCUT2D eigenvalue weighted by molar-refractivity contribution is -0.120. The van der Waals surface area contributed by atoms with E-state index in [4.69, 9.17) is 25.8 Å². The summed E-state index contributed by atoms with van der Waals surface area (Å²) in [6.45, 7) is 7.36. The average molecular weight is 446 g/mol. The summed E-state index contributed by atoms with van der Waals surface area (Å²) >= 11 is 6.32. The molecule has 1 aromatic carbocycles. The van der Waals surface area contributed by atoms with Gasteiger partial charge in [0.05, 0.1) is 36.9 Å². The van der Waals surface area contributed by atoms with E-state index in [1.165, 1.54) is 0 Å². The van der Waals surface area contributed by atoms with E-state index in [9.17, 15) is 4.79 Å². The Bertz CT molecular complexity index is 912. The predicted octanol–water partition coefficient (Wildman–Crippen LogP) is 3.37. The summed E-state index contributed by atoms with van der Waals surface area (Å²) in [5.41, 5.74) is 1.74. The summed E-state index contributed by atoms with van der Waals surface area (Å²) in [4.78, 5) is 19.3. The van der Waals surface area contributed by atoms with Crippen LogP contribution < -0.4 is 19.7 Å². The second-order valence-electron chi connectivity index (χ2n) is 8.10. The number of amides is 1. The molecule has 1 N–H and O–H groups in total. The monoisotopic (exact) mass is 445 g/mol. The quantitative estimate of drug-likeness (QED) is 0.760. The lowest BCUT2D eigenvalue weighted by atomic mass is 10.1. The minimum absolute atomic E-state index is 0.0922. The van der Waals surface area contributed by atoms with E-state index in [2.05, 4.69) is 29.0 Å². The van der Waals surface area contributed by atoms with Crippen molar-refractivity contribution in [2.45, 2.75) is 45.4 Å². The number of rotatable bonds is 5. The first-order chi connectivity index (χ1) is 15.0. The highest BCUT2D eigenvalue weighted by Crippen LogP contribution is 2.38. The number of pyridine rings is 1. The van der Waals surface area contributed by atoms with Crippen LogP contribution in [0.4, 0.5) is 5.82 Å². The molecule has 0 aliphatic carbocycles. The fraction of sp³-hybridized carbons (Fsp3) is 0.478. The van der Waals surface area contributed by atoms with Crippen molar-refractivity contribution < 1.29 is 19.0 Å². The molecule has 4 rings (SSSR count). The van der Waals surface area contributed by atoms with Gasteiger partial charge >= 0.3 is 0 Å². The molecule has 1 aromatic heterocycles. The lowest BCUT2D eigenvalue weighted by Crippen LogP contribution is -2.45. The fourth-order valence-electron chi connectivity index (χ4n) is 3.91. The summed E-state index contributed by atoms with van der Waals surface area (Å²) in [6, 6.07) is 7.58. The van der Waals surface area contributed by atoms with Gasteiger partial charge in [-0.05, 0) is 43.2 Å². The minimum atomic E-state index is -0.0922. The fourth-order valence-corrected chi connectivity index (χ4v) is 4.20. The molecule has 1 saturated heterocycles. The Balaban J connectivity index is 1.32. The predicted molar refractivity (Wildman–Crippen MR) is 119 cm³/mol. The van der Waals surface area contributed by atoms with Crippen molar-refractivity contribution in [3.05, 3.63) is 46.6 Å². The van der Waals surface area contributed by atoms with Crippen LogP contribution in [-0.2, 0) is 22.5 Å². The zero-order valence-corrected chi connectivity index (χ0v) is 18.7. The lowest BCUT2D eigenvalue weighted by Gasteiger charge is -2.36. The normalized spacial score (nSPS) is 20.8. The number of aromatic nitrogens is 1. The third-order valence-electron chi connectivity index (χ3n) is 5.27. The van der Waals surface area contributed by atoms with Crippen molar-refractivity contribution in [3.8, 4) is 11.5 Å². The van der Waals surface area contributed by atoms with Gasteiger partial charge in [0.1, 0.15) is 5.82 Å². The topological polar surface area (TPSA) is 72.9 Å².